The molecule has 1 aromatic rings. The highest BCUT2D eigenvalue weighted by Gasteiger charge is 2.29. The van der Waals surface area contributed by atoms with Gasteiger partial charge >= 0.3 is 0 Å². The maximum atomic E-state index is 5.52. The molecule has 1 aromatic heterocycles. The van der Waals surface area contributed by atoms with Gasteiger partial charge in [-0.3, -0.25) is 0 Å². The fourth-order valence-corrected chi connectivity index (χ4v) is 2.08. The second kappa shape index (κ2) is 3.41. The second-order valence-electron chi connectivity index (χ2n) is 4.88. The van der Waals surface area contributed by atoms with Crippen LogP contribution < -0.4 is 0 Å². The van der Waals surface area contributed by atoms with Crippen molar-refractivity contribution in [2.45, 2.75) is 58.3 Å². The van der Waals surface area contributed by atoms with E-state index in [1.165, 1.54) is 24.1 Å². The molecule has 14 heavy (non-hydrogen) atoms. The molecule has 0 spiro atoms. The summed E-state index contributed by atoms with van der Waals surface area (Å²) in [6, 6.07) is 0. The van der Waals surface area contributed by atoms with Crippen molar-refractivity contribution in [3.05, 3.63) is 17.0 Å². The van der Waals surface area contributed by atoms with Gasteiger partial charge in [-0.25, -0.2) is 0 Å². The van der Waals surface area contributed by atoms with Gasteiger partial charge in [0.05, 0.1) is 5.69 Å². The van der Waals surface area contributed by atoms with Gasteiger partial charge in [0.25, 0.3) is 0 Å². The van der Waals surface area contributed by atoms with Crippen molar-refractivity contribution in [1.82, 2.24) is 5.16 Å². The minimum absolute atomic E-state index is 0.151. The fourth-order valence-electron chi connectivity index (χ4n) is 2.08. The van der Waals surface area contributed by atoms with E-state index in [1.807, 2.05) is 0 Å². The van der Waals surface area contributed by atoms with E-state index in [2.05, 4.69) is 25.9 Å². The molecule has 0 saturated carbocycles. The number of aromatic nitrogens is 1. The number of aryl methyl sites for hydroxylation is 1. The molecule has 1 heterocycles. The number of hydrogen-bond donors (Lipinski definition) is 0. The van der Waals surface area contributed by atoms with Crippen molar-refractivity contribution in [3.8, 4) is 0 Å². The highest BCUT2D eigenvalue weighted by atomic mass is 16.5. The third-order valence-electron chi connectivity index (χ3n) is 3.46. The summed E-state index contributed by atoms with van der Waals surface area (Å²) in [5, 5.41) is 4.20. The lowest BCUT2D eigenvalue weighted by molar-refractivity contribution is 0.307. The largest absolute Gasteiger partial charge is 0.360 e. The van der Waals surface area contributed by atoms with E-state index in [0.29, 0.717) is 0 Å². The molecule has 0 N–H and O–H groups in total. The molecule has 78 valence electrons. The molecule has 0 radical (unpaired) electrons. The van der Waals surface area contributed by atoms with Crippen molar-refractivity contribution < 1.29 is 4.52 Å². The standard InChI is InChI=1S/C12H19NO/c1-4-12(2,3)11-9-7-5-6-8-10(9)13-14-11/h4-8H2,1-3H3. The van der Waals surface area contributed by atoms with Gasteiger partial charge in [0.15, 0.2) is 0 Å². The summed E-state index contributed by atoms with van der Waals surface area (Å²) in [5.74, 6) is 1.13. The van der Waals surface area contributed by atoms with E-state index >= 15 is 0 Å². The number of fused-ring (bicyclic) bond motifs is 1. The fraction of sp³-hybridized carbons (Fsp3) is 0.750. The van der Waals surface area contributed by atoms with E-state index in [9.17, 15) is 0 Å². The molecular weight excluding hydrogens is 174 g/mol. The summed E-state index contributed by atoms with van der Waals surface area (Å²) >= 11 is 0. The van der Waals surface area contributed by atoms with Gasteiger partial charge in [0.1, 0.15) is 5.76 Å². The molecule has 2 heteroatoms. The summed E-state index contributed by atoms with van der Waals surface area (Å²) < 4.78 is 5.52. The molecule has 1 aliphatic carbocycles. The Hall–Kier alpha value is -0.790. The molecule has 0 aliphatic heterocycles. The van der Waals surface area contributed by atoms with Crippen molar-refractivity contribution in [1.29, 1.82) is 0 Å². The summed E-state index contributed by atoms with van der Waals surface area (Å²) in [6.07, 6.45) is 5.94. The van der Waals surface area contributed by atoms with Crippen LogP contribution in [0.2, 0.25) is 0 Å². The van der Waals surface area contributed by atoms with Crippen molar-refractivity contribution in [2.75, 3.05) is 0 Å². The summed E-state index contributed by atoms with van der Waals surface area (Å²) in [7, 11) is 0. The Balaban J connectivity index is 2.39. The number of nitrogens with zero attached hydrogens (tertiary/aromatic N) is 1. The summed E-state index contributed by atoms with van der Waals surface area (Å²) in [5.41, 5.74) is 2.77. The van der Waals surface area contributed by atoms with Crippen LogP contribution in [0, 0.1) is 0 Å². The maximum absolute atomic E-state index is 5.52. The number of hydrogen-bond acceptors (Lipinski definition) is 2. The third-order valence-corrected chi connectivity index (χ3v) is 3.46. The molecule has 1 aliphatic rings. The van der Waals surface area contributed by atoms with Gasteiger partial charge in [0.2, 0.25) is 0 Å². The first-order chi connectivity index (χ1) is 6.65. The van der Waals surface area contributed by atoms with Gasteiger partial charge in [-0.2, -0.15) is 0 Å². The molecule has 0 bridgehead atoms. The summed E-state index contributed by atoms with van der Waals surface area (Å²) in [6.45, 7) is 6.68. The SMILES string of the molecule is CCC(C)(C)c1onc2c1CCCC2. The van der Waals surface area contributed by atoms with Crippen LogP contribution in [0.4, 0.5) is 0 Å². The molecule has 2 nitrogen and oxygen atoms in total. The zero-order valence-corrected chi connectivity index (χ0v) is 9.39. The first-order valence-electron chi connectivity index (χ1n) is 5.63. The Morgan fingerprint density at radius 3 is 2.71 bits per heavy atom. The molecule has 0 saturated heterocycles. The zero-order chi connectivity index (χ0) is 10.2. The monoisotopic (exact) mass is 193 g/mol. The predicted octanol–water partition coefficient (Wildman–Crippen LogP) is 3.24. The van der Waals surface area contributed by atoms with Crippen molar-refractivity contribution in [3.63, 3.8) is 0 Å². The molecule has 0 amide bonds. The molecule has 0 fully saturated rings. The Morgan fingerprint density at radius 2 is 2.00 bits per heavy atom. The zero-order valence-electron chi connectivity index (χ0n) is 9.39. The first kappa shape index (κ1) is 9.75. The highest BCUT2D eigenvalue weighted by molar-refractivity contribution is 5.30. The van der Waals surface area contributed by atoms with Gasteiger partial charge in [-0.05, 0) is 32.1 Å². The lowest BCUT2D eigenvalue weighted by atomic mass is 9.82. The van der Waals surface area contributed by atoms with Crippen LogP contribution in [0.3, 0.4) is 0 Å². The Bertz CT molecular complexity index is 325. The van der Waals surface area contributed by atoms with Crippen LogP contribution >= 0.6 is 0 Å². The highest BCUT2D eigenvalue weighted by Crippen LogP contribution is 2.34. The van der Waals surface area contributed by atoms with Crippen molar-refractivity contribution >= 4 is 0 Å². The van der Waals surface area contributed by atoms with E-state index in [-0.39, 0.29) is 5.41 Å². The van der Waals surface area contributed by atoms with E-state index in [0.717, 1.165) is 25.0 Å². The van der Waals surface area contributed by atoms with Crippen LogP contribution in [0.1, 0.15) is 57.1 Å². The normalized spacial score (nSPS) is 16.8. The Kier molecular flexibility index (Phi) is 2.38. The van der Waals surface area contributed by atoms with Gasteiger partial charge in [0, 0.05) is 11.0 Å². The summed E-state index contributed by atoms with van der Waals surface area (Å²) in [4.78, 5) is 0. The van der Waals surface area contributed by atoms with Gasteiger partial charge in [-0.1, -0.05) is 25.9 Å². The van der Waals surface area contributed by atoms with Crippen LogP contribution in [0.15, 0.2) is 4.52 Å². The average Bonchev–Trinajstić information content (AvgIpc) is 2.61. The topological polar surface area (TPSA) is 26.0 Å². The van der Waals surface area contributed by atoms with E-state index in [4.69, 9.17) is 4.52 Å². The molecule has 0 unspecified atom stereocenters. The Morgan fingerprint density at radius 1 is 1.29 bits per heavy atom. The minimum Gasteiger partial charge on any atom is -0.360 e. The third kappa shape index (κ3) is 1.47. The number of rotatable bonds is 2. The molecule has 2 rings (SSSR count). The van der Waals surface area contributed by atoms with Gasteiger partial charge in [-0.15, -0.1) is 0 Å². The van der Waals surface area contributed by atoms with Gasteiger partial charge < -0.3 is 4.52 Å². The van der Waals surface area contributed by atoms with Crippen LogP contribution in [0.5, 0.6) is 0 Å². The van der Waals surface area contributed by atoms with E-state index in [1.54, 1.807) is 0 Å². The van der Waals surface area contributed by atoms with Crippen LogP contribution in [0.25, 0.3) is 0 Å². The maximum Gasteiger partial charge on any atom is 0.145 e. The smallest absolute Gasteiger partial charge is 0.145 e. The minimum atomic E-state index is 0.151. The van der Waals surface area contributed by atoms with Crippen molar-refractivity contribution in [2.24, 2.45) is 0 Å². The lowest BCUT2D eigenvalue weighted by Gasteiger charge is -2.21. The second-order valence-corrected chi connectivity index (χ2v) is 4.88. The van der Waals surface area contributed by atoms with Crippen LogP contribution in [-0.4, -0.2) is 5.16 Å². The Labute approximate surface area is 85.7 Å². The molecular formula is C12H19NO. The van der Waals surface area contributed by atoms with Crippen LogP contribution in [-0.2, 0) is 18.3 Å². The predicted molar refractivity (Wildman–Crippen MR) is 56.5 cm³/mol. The first-order valence-corrected chi connectivity index (χ1v) is 5.63. The molecule has 0 atom stereocenters. The average molecular weight is 193 g/mol. The quantitative estimate of drug-likeness (QED) is 0.720. The molecule has 0 aromatic carbocycles. The lowest BCUT2D eigenvalue weighted by Crippen LogP contribution is -2.17. The van der Waals surface area contributed by atoms with E-state index < -0.39 is 0 Å².